The van der Waals surface area contributed by atoms with Crippen molar-refractivity contribution in [3.8, 4) is 0 Å². The van der Waals surface area contributed by atoms with Crippen molar-refractivity contribution in [1.29, 1.82) is 0 Å². The summed E-state index contributed by atoms with van der Waals surface area (Å²) in [5.41, 5.74) is 0.591. The molecule has 0 fully saturated rings. The first-order chi connectivity index (χ1) is 8.04. The van der Waals surface area contributed by atoms with Crippen molar-refractivity contribution >= 4 is 21.8 Å². The second-order valence-electron chi connectivity index (χ2n) is 4.15. The highest BCUT2D eigenvalue weighted by atomic mass is 79.9. The molecule has 0 spiro atoms. The Balaban J connectivity index is 2.70. The lowest BCUT2D eigenvalue weighted by atomic mass is 10.0. The molecule has 1 aromatic heterocycles. The molecule has 0 saturated heterocycles. The molecule has 0 saturated carbocycles. The number of nitrogens with one attached hydrogen (secondary N) is 1. The van der Waals surface area contributed by atoms with Gasteiger partial charge >= 0.3 is 0 Å². The Hall–Kier alpha value is -0.940. The molecular weight excluding hydrogens is 284 g/mol. The number of amides is 1. The van der Waals surface area contributed by atoms with Gasteiger partial charge in [0.15, 0.2) is 0 Å². The minimum absolute atomic E-state index is 0.0134. The predicted molar refractivity (Wildman–Crippen MR) is 69.9 cm³/mol. The summed E-state index contributed by atoms with van der Waals surface area (Å²) in [4.78, 5) is 16.0. The molecular formula is C12H17BrN2O2. The number of hydrogen-bond acceptors (Lipinski definition) is 3. The van der Waals surface area contributed by atoms with Crippen LogP contribution in [0.25, 0.3) is 0 Å². The number of hydrogen-bond donors (Lipinski definition) is 1. The third kappa shape index (κ3) is 4.44. The molecule has 1 amide bonds. The van der Waals surface area contributed by atoms with Gasteiger partial charge in [0.2, 0.25) is 0 Å². The van der Waals surface area contributed by atoms with Crippen LogP contribution >= 0.6 is 15.9 Å². The highest BCUT2D eigenvalue weighted by molar-refractivity contribution is 9.10. The van der Waals surface area contributed by atoms with Crippen molar-refractivity contribution in [3.05, 3.63) is 28.5 Å². The van der Waals surface area contributed by atoms with Gasteiger partial charge in [-0.1, -0.05) is 13.8 Å². The lowest BCUT2D eigenvalue weighted by molar-refractivity contribution is 0.0866. The van der Waals surface area contributed by atoms with Crippen LogP contribution in [0.1, 0.15) is 24.2 Å². The molecule has 1 atom stereocenters. The van der Waals surface area contributed by atoms with Gasteiger partial charge in [-0.25, -0.2) is 4.98 Å². The number of halogens is 1. The summed E-state index contributed by atoms with van der Waals surface area (Å²) in [7, 11) is 1.63. The van der Waals surface area contributed by atoms with E-state index in [0.717, 1.165) is 0 Å². The minimum atomic E-state index is -0.108. The Kier molecular flexibility index (Phi) is 5.58. The zero-order valence-electron chi connectivity index (χ0n) is 10.2. The highest BCUT2D eigenvalue weighted by Crippen LogP contribution is 2.09. The van der Waals surface area contributed by atoms with E-state index in [0.29, 0.717) is 22.7 Å². The van der Waals surface area contributed by atoms with Gasteiger partial charge in [-0.15, -0.1) is 0 Å². The number of ether oxygens (including phenoxy) is 1. The van der Waals surface area contributed by atoms with E-state index in [1.54, 1.807) is 25.4 Å². The first-order valence-corrected chi connectivity index (χ1v) is 6.25. The standard InChI is InChI=1S/C12H17BrN2O2/c1-8(2)10(7-17-3)15-12(16)9-4-5-14-11(13)6-9/h4-6,8,10H,7H2,1-3H3,(H,15,16). The summed E-state index contributed by atoms with van der Waals surface area (Å²) in [6.45, 7) is 4.61. The van der Waals surface area contributed by atoms with Crippen LogP contribution in [0.15, 0.2) is 22.9 Å². The highest BCUT2D eigenvalue weighted by Gasteiger charge is 2.17. The zero-order chi connectivity index (χ0) is 12.8. The number of pyridine rings is 1. The molecule has 4 nitrogen and oxygen atoms in total. The Labute approximate surface area is 110 Å². The molecule has 17 heavy (non-hydrogen) atoms. The second kappa shape index (κ2) is 6.71. The molecule has 1 aromatic rings. The van der Waals surface area contributed by atoms with Crippen molar-refractivity contribution in [2.45, 2.75) is 19.9 Å². The van der Waals surface area contributed by atoms with Crippen LogP contribution in [-0.4, -0.2) is 30.6 Å². The van der Waals surface area contributed by atoms with E-state index in [4.69, 9.17) is 4.74 Å². The van der Waals surface area contributed by atoms with E-state index in [-0.39, 0.29) is 11.9 Å². The maximum Gasteiger partial charge on any atom is 0.251 e. The summed E-state index contributed by atoms with van der Waals surface area (Å²) in [5, 5.41) is 2.95. The van der Waals surface area contributed by atoms with Crippen LogP contribution in [0.3, 0.4) is 0 Å². The normalized spacial score (nSPS) is 12.5. The van der Waals surface area contributed by atoms with Crippen molar-refractivity contribution in [1.82, 2.24) is 10.3 Å². The maximum atomic E-state index is 12.0. The maximum absolute atomic E-state index is 12.0. The molecule has 0 aromatic carbocycles. The van der Waals surface area contributed by atoms with E-state index < -0.39 is 0 Å². The van der Waals surface area contributed by atoms with Gasteiger partial charge in [-0.05, 0) is 34.0 Å². The van der Waals surface area contributed by atoms with Gasteiger partial charge in [0.05, 0.1) is 12.6 Å². The van der Waals surface area contributed by atoms with Gasteiger partial charge in [0.25, 0.3) is 5.91 Å². The summed E-state index contributed by atoms with van der Waals surface area (Å²) < 4.78 is 5.74. The number of methoxy groups -OCH3 is 1. The molecule has 0 bridgehead atoms. The fourth-order valence-corrected chi connectivity index (χ4v) is 1.74. The average Bonchev–Trinajstić information content (AvgIpc) is 2.28. The third-order valence-electron chi connectivity index (χ3n) is 2.46. The molecule has 0 aliphatic rings. The number of rotatable bonds is 5. The van der Waals surface area contributed by atoms with Crippen LogP contribution in [0.4, 0.5) is 0 Å². The number of aromatic nitrogens is 1. The van der Waals surface area contributed by atoms with Gasteiger partial charge < -0.3 is 10.1 Å². The van der Waals surface area contributed by atoms with E-state index in [2.05, 4.69) is 26.2 Å². The quantitative estimate of drug-likeness (QED) is 0.849. The molecule has 0 aliphatic carbocycles. The van der Waals surface area contributed by atoms with E-state index in [1.807, 2.05) is 13.8 Å². The summed E-state index contributed by atoms with van der Waals surface area (Å²) >= 11 is 3.24. The molecule has 94 valence electrons. The fraction of sp³-hybridized carbons (Fsp3) is 0.500. The van der Waals surface area contributed by atoms with Crippen LogP contribution in [-0.2, 0) is 4.74 Å². The molecule has 0 radical (unpaired) electrons. The van der Waals surface area contributed by atoms with E-state index in [9.17, 15) is 4.79 Å². The van der Waals surface area contributed by atoms with Crippen LogP contribution in [0.2, 0.25) is 0 Å². The summed E-state index contributed by atoms with van der Waals surface area (Å²) in [6.07, 6.45) is 1.60. The van der Waals surface area contributed by atoms with Crippen LogP contribution < -0.4 is 5.32 Å². The summed E-state index contributed by atoms with van der Waals surface area (Å²) in [6, 6.07) is 3.39. The number of carbonyl (C=O) groups is 1. The van der Waals surface area contributed by atoms with E-state index in [1.165, 1.54) is 0 Å². The lowest BCUT2D eigenvalue weighted by Crippen LogP contribution is -2.41. The predicted octanol–water partition coefficient (Wildman–Crippen LogP) is 2.24. The fourth-order valence-electron chi connectivity index (χ4n) is 1.38. The van der Waals surface area contributed by atoms with Gasteiger partial charge in [-0.2, -0.15) is 0 Å². The zero-order valence-corrected chi connectivity index (χ0v) is 11.8. The first kappa shape index (κ1) is 14.1. The molecule has 0 aliphatic heterocycles. The topological polar surface area (TPSA) is 51.2 Å². The van der Waals surface area contributed by atoms with Crippen LogP contribution in [0.5, 0.6) is 0 Å². The largest absolute Gasteiger partial charge is 0.383 e. The van der Waals surface area contributed by atoms with Crippen molar-refractivity contribution in [3.63, 3.8) is 0 Å². The van der Waals surface area contributed by atoms with Crippen molar-refractivity contribution < 1.29 is 9.53 Å². The molecule has 1 rings (SSSR count). The van der Waals surface area contributed by atoms with Gasteiger partial charge in [0, 0.05) is 18.9 Å². The van der Waals surface area contributed by atoms with Gasteiger partial charge in [0.1, 0.15) is 4.60 Å². The van der Waals surface area contributed by atoms with Gasteiger partial charge in [-0.3, -0.25) is 4.79 Å². The Morgan fingerprint density at radius 3 is 2.82 bits per heavy atom. The van der Waals surface area contributed by atoms with E-state index >= 15 is 0 Å². The first-order valence-electron chi connectivity index (χ1n) is 5.46. The summed E-state index contributed by atoms with van der Waals surface area (Å²) in [5.74, 6) is 0.216. The smallest absolute Gasteiger partial charge is 0.251 e. The Morgan fingerprint density at radius 1 is 1.59 bits per heavy atom. The SMILES string of the molecule is COCC(NC(=O)c1ccnc(Br)c1)C(C)C. The average molecular weight is 301 g/mol. The van der Waals surface area contributed by atoms with Crippen molar-refractivity contribution in [2.24, 2.45) is 5.92 Å². The monoisotopic (exact) mass is 300 g/mol. The molecule has 5 heteroatoms. The minimum Gasteiger partial charge on any atom is -0.383 e. The second-order valence-corrected chi connectivity index (χ2v) is 4.96. The third-order valence-corrected chi connectivity index (χ3v) is 2.89. The lowest BCUT2D eigenvalue weighted by Gasteiger charge is -2.21. The Bertz CT molecular complexity index is 383. The Morgan fingerprint density at radius 2 is 2.29 bits per heavy atom. The number of carbonyl (C=O) groups excluding carboxylic acids is 1. The molecule has 1 unspecified atom stereocenters. The van der Waals surface area contributed by atoms with Crippen LogP contribution in [0, 0.1) is 5.92 Å². The number of nitrogens with zero attached hydrogens (tertiary/aromatic N) is 1. The molecule has 1 N–H and O–H groups in total. The molecule has 1 heterocycles. The van der Waals surface area contributed by atoms with Crippen molar-refractivity contribution in [2.75, 3.05) is 13.7 Å².